The molecular formula is C23H20ClN3O5. The quantitative estimate of drug-likeness (QED) is 0.295. The highest BCUT2D eigenvalue weighted by Crippen LogP contribution is 2.39. The Morgan fingerprint density at radius 2 is 1.84 bits per heavy atom. The average Bonchev–Trinajstić information content (AvgIpc) is 3.03. The van der Waals surface area contributed by atoms with Gasteiger partial charge in [-0.25, -0.2) is 5.01 Å². The normalized spacial score (nSPS) is 22.1. The van der Waals surface area contributed by atoms with E-state index in [-0.39, 0.29) is 28.7 Å². The van der Waals surface area contributed by atoms with Gasteiger partial charge >= 0.3 is 0 Å². The number of nitrogens with zero attached hydrogens (tertiary/aromatic N) is 3. The van der Waals surface area contributed by atoms with Crippen LogP contribution in [-0.4, -0.2) is 32.7 Å². The van der Waals surface area contributed by atoms with E-state index < -0.39 is 34.5 Å². The number of amides is 3. The SMILES string of the molecule is C[C@@H]1C=CC[C@@H]2C(=O)N(N(Cc3ccc([N+](=O)[O-])cc3)C(=O)c3ccccc3Cl)C(=O)[C@@H]12. The second-order valence-corrected chi connectivity index (χ2v) is 8.32. The molecular weight excluding hydrogens is 434 g/mol. The van der Waals surface area contributed by atoms with Crippen molar-refractivity contribution in [1.82, 2.24) is 10.0 Å². The van der Waals surface area contributed by atoms with E-state index >= 15 is 0 Å². The van der Waals surface area contributed by atoms with E-state index in [4.69, 9.17) is 11.6 Å². The molecule has 2 aliphatic rings. The van der Waals surface area contributed by atoms with Gasteiger partial charge in [0.25, 0.3) is 23.4 Å². The van der Waals surface area contributed by atoms with Crippen LogP contribution >= 0.6 is 11.6 Å². The van der Waals surface area contributed by atoms with Gasteiger partial charge in [-0.1, -0.05) is 54.9 Å². The lowest BCUT2D eigenvalue weighted by Gasteiger charge is -2.31. The Morgan fingerprint density at radius 1 is 1.16 bits per heavy atom. The van der Waals surface area contributed by atoms with Gasteiger partial charge < -0.3 is 0 Å². The molecule has 32 heavy (non-hydrogen) atoms. The number of hydrogen-bond acceptors (Lipinski definition) is 5. The number of hydrazine groups is 1. The smallest absolute Gasteiger partial charge is 0.272 e. The fourth-order valence-corrected chi connectivity index (χ4v) is 4.49. The molecule has 1 aliphatic carbocycles. The Labute approximate surface area is 189 Å². The number of non-ortho nitro benzene ring substituents is 1. The van der Waals surface area contributed by atoms with Gasteiger partial charge in [-0.05, 0) is 30.0 Å². The van der Waals surface area contributed by atoms with E-state index in [0.717, 1.165) is 10.0 Å². The van der Waals surface area contributed by atoms with Crippen molar-refractivity contribution in [3.05, 3.63) is 86.9 Å². The third-order valence-electron chi connectivity index (χ3n) is 5.91. The van der Waals surface area contributed by atoms with Gasteiger partial charge in [-0.2, -0.15) is 5.01 Å². The third kappa shape index (κ3) is 3.78. The van der Waals surface area contributed by atoms with E-state index in [1.807, 2.05) is 19.1 Å². The van der Waals surface area contributed by atoms with Crippen molar-refractivity contribution in [3.8, 4) is 0 Å². The molecule has 0 unspecified atom stereocenters. The molecule has 0 radical (unpaired) electrons. The minimum absolute atomic E-state index is 0.100. The van der Waals surface area contributed by atoms with Gasteiger partial charge in [-0.15, -0.1) is 0 Å². The van der Waals surface area contributed by atoms with Crippen LogP contribution in [0.15, 0.2) is 60.7 Å². The Balaban J connectivity index is 1.73. The number of rotatable bonds is 5. The second kappa shape index (κ2) is 8.55. The van der Waals surface area contributed by atoms with Crippen molar-refractivity contribution >= 4 is 35.0 Å². The van der Waals surface area contributed by atoms with Gasteiger partial charge in [0.15, 0.2) is 0 Å². The summed E-state index contributed by atoms with van der Waals surface area (Å²) in [5.41, 5.74) is 0.576. The summed E-state index contributed by atoms with van der Waals surface area (Å²) in [6, 6.07) is 12.0. The zero-order valence-electron chi connectivity index (χ0n) is 17.2. The molecule has 3 atom stereocenters. The second-order valence-electron chi connectivity index (χ2n) is 7.91. The summed E-state index contributed by atoms with van der Waals surface area (Å²) in [5.74, 6) is -2.66. The van der Waals surface area contributed by atoms with Crippen molar-refractivity contribution in [1.29, 1.82) is 0 Å². The van der Waals surface area contributed by atoms with Crippen molar-refractivity contribution < 1.29 is 19.3 Å². The largest absolute Gasteiger partial charge is 0.274 e. The number of carbonyl (C=O) groups is 3. The molecule has 0 saturated carbocycles. The summed E-state index contributed by atoms with van der Waals surface area (Å²) in [6.45, 7) is 1.75. The first-order chi connectivity index (χ1) is 15.3. The highest BCUT2D eigenvalue weighted by atomic mass is 35.5. The third-order valence-corrected chi connectivity index (χ3v) is 6.24. The number of carbonyl (C=O) groups excluding carboxylic acids is 3. The first kappa shape index (κ1) is 21.7. The molecule has 8 nitrogen and oxygen atoms in total. The van der Waals surface area contributed by atoms with Crippen molar-refractivity contribution in [2.45, 2.75) is 19.9 Å². The maximum atomic E-state index is 13.5. The van der Waals surface area contributed by atoms with E-state index in [2.05, 4.69) is 0 Å². The molecule has 4 rings (SSSR count). The van der Waals surface area contributed by atoms with Crippen LogP contribution in [0.5, 0.6) is 0 Å². The number of nitro groups is 1. The minimum Gasteiger partial charge on any atom is -0.272 e. The Kier molecular flexibility index (Phi) is 5.80. The summed E-state index contributed by atoms with van der Waals surface area (Å²) in [5, 5.41) is 13.2. The van der Waals surface area contributed by atoms with Gasteiger partial charge in [0.2, 0.25) is 0 Å². The first-order valence-electron chi connectivity index (χ1n) is 10.1. The molecule has 2 aromatic rings. The number of benzene rings is 2. The monoisotopic (exact) mass is 453 g/mol. The maximum Gasteiger partial charge on any atom is 0.274 e. The van der Waals surface area contributed by atoms with Crippen LogP contribution in [0.2, 0.25) is 5.02 Å². The van der Waals surface area contributed by atoms with Crippen LogP contribution in [0, 0.1) is 27.9 Å². The minimum atomic E-state index is -0.602. The average molecular weight is 454 g/mol. The molecule has 0 N–H and O–H groups in total. The lowest BCUT2D eigenvalue weighted by atomic mass is 9.78. The summed E-state index contributed by atoms with van der Waals surface area (Å²) in [7, 11) is 0. The van der Waals surface area contributed by atoms with Crippen LogP contribution < -0.4 is 0 Å². The fraction of sp³-hybridized carbons (Fsp3) is 0.261. The van der Waals surface area contributed by atoms with E-state index in [9.17, 15) is 24.5 Å². The highest BCUT2D eigenvalue weighted by Gasteiger charge is 2.53. The van der Waals surface area contributed by atoms with E-state index in [1.54, 1.807) is 18.2 Å². The molecule has 9 heteroatoms. The number of fused-ring (bicyclic) bond motifs is 1. The molecule has 1 fully saturated rings. The summed E-state index contributed by atoms with van der Waals surface area (Å²) in [6.07, 6.45) is 4.23. The molecule has 164 valence electrons. The van der Waals surface area contributed by atoms with Crippen LogP contribution in [0.1, 0.15) is 29.3 Å². The Morgan fingerprint density at radius 3 is 2.47 bits per heavy atom. The molecule has 1 heterocycles. The maximum absolute atomic E-state index is 13.5. The molecule has 1 saturated heterocycles. The number of imide groups is 1. The van der Waals surface area contributed by atoms with Gasteiger partial charge in [-0.3, -0.25) is 24.5 Å². The first-order valence-corrected chi connectivity index (χ1v) is 10.5. The zero-order valence-corrected chi connectivity index (χ0v) is 17.9. The number of allylic oxidation sites excluding steroid dienone is 2. The fourth-order valence-electron chi connectivity index (χ4n) is 4.27. The Hall–Kier alpha value is -3.52. The molecule has 2 aromatic carbocycles. The zero-order chi connectivity index (χ0) is 23.0. The van der Waals surface area contributed by atoms with Gasteiger partial charge in [0, 0.05) is 12.1 Å². The number of hydrogen-bond donors (Lipinski definition) is 0. The predicted octanol–water partition coefficient (Wildman–Crippen LogP) is 4.00. The summed E-state index contributed by atoms with van der Waals surface area (Å²) < 4.78 is 0. The topological polar surface area (TPSA) is 101 Å². The van der Waals surface area contributed by atoms with E-state index in [1.165, 1.54) is 30.3 Å². The van der Waals surface area contributed by atoms with Crippen LogP contribution in [-0.2, 0) is 16.1 Å². The molecule has 1 aliphatic heterocycles. The van der Waals surface area contributed by atoms with Crippen molar-refractivity contribution in [3.63, 3.8) is 0 Å². The number of halogens is 1. The molecule has 3 amide bonds. The number of nitro benzene ring substituents is 1. The van der Waals surface area contributed by atoms with Crippen LogP contribution in [0.4, 0.5) is 5.69 Å². The summed E-state index contributed by atoms with van der Waals surface area (Å²) >= 11 is 6.23. The Bertz CT molecular complexity index is 1130. The van der Waals surface area contributed by atoms with E-state index in [0.29, 0.717) is 12.0 Å². The lowest BCUT2D eigenvalue weighted by Crippen LogP contribution is -2.50. The van der Waals surface area contributed by atoms with Crippen molar-refractivity contribution in [2.24, 2.45) is 17.8 Å². The van der Waals surface area contributed by atoms with Crippen molar-refractivity contribution in [2.75, 3.05) is 0 Å². The molecule has 0 aromatic heterocycles. The molecule has 0 bridgehead atoms. The predicted molar refractivity (Wildman–Crippen MR) is 116 cm³/mol. The lowest BCUT2D eigenvalue weighted by molar-refractivity contribution is -0.384. The van der Waals surface area contributed by atoms with Crippen LogP contribution in [0.25, 0.3) is 0 Å². The van der Waals surface area contributed by atoms with Gasteiger partial charge in [0.05, 0.1) is 33.9 Å². The molecule has 0 spiro atoms. The van der Waals surface area contributed by atoms with Crippen LogP contribution in [0.3, 0.4) is 0 Å². The standard InChI is InChI=1S/C23H20ClN3O5/c1-14-5-4-7-18-20(14)23(30)26(22(18)29)25(21(28)17-6-2-3-8-19(17)24)13-15-9-11-16(12-10-15)27(31)32/h2-6,8-12,14,18,20H,7,13H2,1H3/t14-,18+,20+/m1/s1. The highest BCUT2D eigenvalue weighted by molar-refractivity contribution is 6.33. The summed E-state index contributed by atoms with van der Waals surface area (Å²) in [4.78, 5) is 50.5. The van der Waals surface area contributed by atoms with Gasteiger partial charge in [0.1, 0.15) is 0 Å².